The zero-order valence-corrected chi connectivity index (χ0v) is 16.3. The van der Waals surface area contributed by atoms with Crippen LogP contribution in [0.1, 0.15) is 29.5 Å². The van der Waals surface area contributed by atoms with Crippen molar-refractivity contribution in [1.29, 1.82) is 0 Å². The van der Waals surface area contributed by atoms with Gasteiger partial charge in [-0.1, -0.05) is 18.2 Å². The van der Waals surface area contributed by atoms with Crippen molar-refractivity contribution in [3.63, 3.8) is 0 Å². The fourth-order valence-electron chi connectivity index (χ4n) is 3.36. The molecule has 25 heavy (non-hydrogen) atoms. The topological polar surface area (TPSA) is 67.7 Å². The number of nitrogens with one attached hydrogen (secondary N) is 1. The van der Waals surface area contributed by atoms with E-state index in [0.29, 0.717) is 12.5 Å². The lowest BCUT2D eigenvalue weighted by molar-refractivity contribution is 0.687. The van der Waals surface area contributed by atoms with Crippen LogP contribution in [0.2, 0.25) is 0 Å². The molecule has 2 heterocycles. The van der Waals surface area contributed by atoms with E-state index in [2.05, 4.69) is 33.6 Å². The third-order valence-corrected chi connectivity index (χ3v) is 4.58. The summed E-state index contributed by atoms with van der Waals surface area (Å²) in [6, 6.07) is 12.4. The average Bonchev–Trinajstić information content (AvgIpc) is 3.04. The summed E-state index contributed by atoms with van der Waals surface area (Å²) in [6.07, 6.45) is 8.56. The van der Waals surface area contributed by atoms with Crippen LogP contribution in [0.3, 0.4) is 0 Å². The van der Waals surface area contributed by atoms with Gasteiger partial charge in [0.05, 0.1) is 18.3 Å². The Bertz CT molecular complexity index is 900. The highest BCUT2D eigenvalue weighted by Gasteiger charge is 2.13. The number of nitrogens with two attached hydrogens (primary N) is 1. The second kappa shape index (κ2) is 7.86. The molecule has 0 unspecified atom stereocenters. The van der Waals surface area contributed by atoms with Crippen LogP contribution in [0.5, 0.6) is 0 Å². The molecule has 0 fully saturated rings. The summed E-state index contributed by atoms with van der Waals surface area (Å²) in [6.45, 7) is 0.515. The Labute approximate surface area is 164 Å². The molecule has 0 saturated carbocycles. The van der Waals surface area contributed by atoms with Crippen LogP contribution in [0.15, 0.2) is 53.8 Å². The van der Waals surface area contributed by atoms with Crippen molar-refractivity contribution in [1.82, 2.24) is 9.61 Å². The van der Waals surface area contributed by atoms with Gasteiger partial charge < -0.3 is 11.1 Å². The van der Waals surface area contributed by atoms with E-state index < -0.39 is 0 Å². The number of halogens is 1. The molecule has 0 atom stereocenters. The van der Waals surface area contributed by atoms with E-state index in [-0.39, 0.29) is 24.0 Å². The van der Waals surface area contributed by atoms with Gasteiger partial charge in [-0.15, -0.1) is 24.0 Å². The molecule has 0 spiro atoms. The van der Waals surface area contributed by atoms with Crippen LogP contribution in [0.4, 0.5) is 5.69 Å². The van der Waals surface area contributed by atoms with Crippen LogP contribution >= 0.6 is 24.0 Å². The molecule has 2 aromatic heterocycles. The Balaban J connectivity index is 0.00000182. The molecule has 5 nitrogen and oxygen atoms in total. The van der Waals surface area contributed by atoms with Crippen LogP contribution in [-0.4, -0.2) is 15.6 Å². The number of nitrogens with zero attached hydrogens (tertiary/aromatic N) is 3. The van der Waals surface area contributed by atoms with Crippen molar-refractivity contribution < 1.29 is 0 Å². The third kappa shape index (κ3) is 3.78. The molecular weight excluding hydrogens is 425 g/mol. The van der Waals surface area contributed by atoms with Gasteiger partial charge in [0.2, 0.25) is 0 Å². The van der Waals surface area contributed by atoms with E-state index in [4.69, 9.17) is 5.73 Å². The lowest BCUT2D eigenvalue weighted by Crippen LogP contribution is -2.24. The molecule has 4 rings (SSSR count). The van der Waals surface area contributed by atoms with Crippen molar-refractivity contribution in [3.8, 4) is 0 Å². The Morgan fingerprint density at radius 2 is 2.04 bits per heavy atom. The molecule has 0 radical (unpaired) electrons. The first-order valence-electron chi connectivity index (χ1n) is 8.40. The van der Waals surface area contributed by atoms with E-state index in [9.17, 15) is 0 Å². The van der Waals surface area contributed by atoms with Crippen molar-refractivity contribution in [2.45, 2.75) is 32.2 Å². The zero-order chi connectivity index (χ0) is 16.4. The SMILES string of the molecule is I.NC(=NCc1cnn2ccccc12)Nc1cccc2c1CCCC2. The van der Waals surface area contributed by atoms with E-state index in [0.717, 1.165) is 29.6 Å². The predicted molar refractivity (Wildman–Crippen MR) is 113 cm³/mol. The summed E-state index contributed by atoms with van der Waals surface area (Å²) in [7, 11) is 0. The lowest BCUT2D eigenvalue weighted by Gasteiger charge is -2.19. The number of hydrogen-bond acceptors (Lipinski definition) is 2. The number of guanidine groups is 1. The predicted octanol–water partition coefficient (Wildman–Crippen LogP) is 3.76. The summed E-state index contributed by atoms with van der Waals surface area (Å²) in [5.74, 6) is 0.448. The summed E-state index contributed by atoms with van der Waals surface area (Å²) in [4.78, 5) is 4.49. The van der Waals surface area contributed by atoms with Crippen molar-refractivity contribution in [2.24, 2.45) is 10.7 Å². The molecule has 1 aliphatic rings. The fraction of sp³-hybridized carbons (Fsp3) is 0.263. The van der Waals surface area contributed by atoms with E-state index >= 15 is 0 Å². The minimum absolute atomic E-state index is 0. The molecule has 3 aromatic rings. The number of hydrogen-bond donors (Lipinski definition) is 2. The van der Waals surface area contributed by atoms with Gasteiger partial charge in [0.1, 0.15) is 0 Å². The van der Waals surface area contributed by atoms with Crippen molar-refractivity contribution in [2.75, 3.05) is 5.32 Å². The van der Waals surface area contributed by atoms with Crippen LogP contribution in [0.25, 0.3) is 5.52 Å². The minimum Gasteiger partial charge on any atom is -0.370 e. The number of aromatic nitrogens is 2. The Morgan fingerprint density at radius 1 is 1.16 bits per heavy atom. The highest BCUT2D eigenvalue weighted by atomic mass is 127. The molecule has 3 N–H and O–H groups in total. The number of aryl methyl sites for hydroxylation is 1. The average molecular weight is 447 g/mol. The third-order valence-electron chi connectivity index (χ3n) is 4.58. The smallest absolute Gasteiger partial charge is 0.193 e. The summed E-state index contributed by atoms with van der Waals surface area (Å²) in [5.41, 5.74) is 12.1. The number of benzene rings is 1. The summed E-state index contributed by atoms with van der Waals surface area (Å²) in [5, 5.41) is 7.61. The molecule has 0 amide bonds. The molecule has 1 aromatic carbocycles. The van der Waals surface area contributed by atoms with Crippen molar-refractivity contribution in [3.05, 3.63) is 65.5 Å². The molecule has 0 aliphatic heterocycles. The van der Waals surface area contributed by atoms with Crippen LogP contribution < -0.4 is 11.1 Å². The molecule has 130 valence electrons. The monoisotopic (exact) mass is 447 g/mol. The van der Waals surface area contributed by atoms with Crippen LogP contribution in [-0.2, 0) is 19.4 Å². The highest BCUT2D eigenvalue weighted by Crippen LogP contribution is 2.27. The van der Waals surface area contributed by atoms with E-state index in [1.165, 1.54) is 24.0 Å². The van der Waals surface area contributed by atoms with Gasteiger partial charge in [-0.3, -0.25) is 0 Å². The van der Waals surface area contributed by atoms with Gasteiger partial charge in [0.15, 0.2) is 5.96 Å². The lowest BCUT2D eigenvalue weighted by atomic mass is 9.90. The number of fused-ring (bicyclic) bond motifs is 2. The number of aliphatic imine (C=N–C) groups is 1. The van der Waals surface area contributed by atoms with Gasteiger partial charge in [0.25, 0.3) is 0 Å². The number of rotatable bonds is 3. The first kappa shape index (κ1) is 17.7. The summed E-state index contributed by atoms with van der Waals surface area (Å²) >= 11 is 0. The van der Waals surface area contributed by atoms with E-state index in [1.807, 2.05) is 35.1 Å². The van der Waals surface area contributed by atoms with Crippen LogP contribution in [0, 0.1) is 0 Å². The molecular formula is C19H22IN5. The summed E-state index contributed by atoms with van der Waals surface area (Å²) < 4.78 is 1.85. The van der Waals surface area contributed by atoms with Gasteiger partial charge in [0, 0.05) is 17.4 Å². The highest BCUT2D eigenvalue weighted by molar-refractivity contribution is 14.0. The first-order valence-corrected chi connectivity index (χ1v) is 8.40. The molecule has 0 saturated heterocycles. The normalized spacial score (nSPS) is 14.0. The van der Waals surface area contributed by atoms with Gasteiger partial charge in [-0.25, -0.2) is 9.51 Å². The number of pyridine rings is 1. The van der Waals surface area contributed by atoms with E-state index in [1.54, 1.807) is 0 Å². The number of anilines is 1. The quantitative estimate of drug-likeness (QED) is 0.365. The van der Waals surface area contributed by atoms with Gasteiger partial charge in [-0.05, 0) is 55.0 Å². The Kier molecular flexibility index (Phi) is 5.57. The Morgan fingerprint density at radius 3 is 2.96 bits per heavy atom. The minimum atomic E-state index is 0. The fourth-order valence-corrected chi connectivity index (χ4v) is 3.36. The van der Waals surface area contributed by atoms with Gasteiger partial charge in [-0.2, -0.15) is 5.10 Å². The van der Waals surface area contributed by atoms with Gasteiger partial charge >= 0.3 is 0 Å². The first-order chi connectivity index (χ1) is 11.8. The molecule has 1 aliphatic carbocycles. The maximum Gasteiger partial charge on any atom is 0.193 e. The maximum atomic E-state index is 6.11. The Hall–Kier alpha value is -2.09. The maximum absolute atomic E-state index is 6.11. The largest absolute Gasteiger partial charge is 0.370 e. The zero-order valence-electron chi connectivity index (χ0n) is 14.0. The second-order valence-electron chi connectivity index (χ2n) is 6.18. The molecule has 0 bridgehead atoms. The van der Waals surface area contributed by atoms with Crippen molar-refractivity contribution >= 4 is 41.1 Å². The standard InChI is InChI=1S/C19H21N5.HI/c20-19(21-12-15-13-22-24-11-4-3-10-18(15)24)23-17-9-5-7-14-6-1-2-8-16(14)17;/h3-5,7,9-11,13H,1-2,6,8,12H2,(H3,20,21,23);1H. The second-order valence-corrected chi connectivity index (χ2v) is 6.18. The molecule has 6 heteroatoms.